The molecule has 3 heterocycles. The van der Waals surface area contributed by atoms with Crippen LogP contribution in [0.25, 0.3) is 0 Å². The van der Waals surface area contributed by atoms with Gasteiger partial charge in [0, 0.05) is 17.3 Å². The third-order valence-electron chi connectivity index (χ3n) is 7.36. The van der Waals surface area contributed by atoms with Crippen LogP contribution < -0.4 is 15.5 Å². The normalized spacial score (nSPS) is 26.9. The molecule has 35 heavy (non-hydrogen) atoms. The Bertz CT molecular complexity index is 1390. The van der Waals surface area contributed by atoms with E-state index in [0.29, 0.717) is 23.4 Å². The number of rotatable bonds is 3. The molecule has 1 spiro atoms. The molecule has 3 aromatic rings. The molecule has 6 rings (SSSR count). The molecule has 0 bridgehead atoms. The number of phenols is 1. The lowest BCUT2D eigenvalue weighted by atomic mass is 9.76. The van der Waals surface area contributed by atoms with E-state index in [1.807, 2.05) is 19.1 Å². The summed E-state index contributed by atoms with van der Waals surface area (Å²) < 4.78 is 14.4. The molecule has 176 valence electrons. The standard InChI is InChI=1S/C27H22FN3O4/c1-14-2-7-17(8-3-14)31-24(33)22-21(12-15-4-9-18(32)10-5-15)30-27(23(22)25(31)34)19-13-16(28)6-11-20(19)29-26(27)35/h2-11,13,21-23,30,32H,12H2,1H3,(H,29,35)/t21?,22-,23+,27?/m1/s1. The van der Waals surface area contributed by atoms with Gasteiger partial charge in [-0.1, -0.05) is 29.8 Å². The Labute approximate surface area is 200 Å². The van der Waals surface area contributed by atoms with Crippen LogP contribution in [0.4, 0.5) is 15.8 Å². The van der Waals surface area contributed by atoms with E-state index in [4.69, 9.17) is 0 Å². The molecule has 0 aromatic heterocycles. The first kappa shape index (κ1) is 21.5. The van der Waals surface area contributed by atoms with Crippen molar-refractivity contribution in [3.05, 3.63) is 89.2 Å². The number of carbonyl (C=O) groups excluding carboxylic acids is 3. The van der Waals surface area contributed by atoms with Crippen LogP contribution in [0.15, 0.2) is 66.7 Å². The SMILES string of the molecule is Cc1ccc(N2C(=O)[C@@H]3C(Cc4ccc(O)cc4)NC4(C(=O)Nc5ccc(F)cc54)[C@@H]3C2=O)cc1. The number of aromatic hydroxyl groups is 1. The number of phenolic OH excluding ortho intramolecular Hbond substituents is 1. The molecular formula is C27H22FN3O4. The number of hydrogen-bond donors (Lipinski definition) is 3. The summed E-state index contributed by atoms with van der Waals surface area (Å²) >= 11 is 0. The van der Waals surface area contributed by atoms with Crippen molar-refractivity contribution < 1.29 is 23.9 Å². The van der Waals surface area contributed by atoms with Gasteiger partial charge in [0.15, 0.2) is 0 Å². The number of halogens is 1. The zero-order valence-electron chi connectivity index (χ0n) is 18.8. The summed E-state index contributed by atoms with van der Waals surface area (Å²) in [5.41, 5.74) is 1.42. The summed E-state index contributed by atoms with van der Waals surface area (Å²) in [6, 6.07) is 17.0. The van der Waals surface area contributed by atoms with Crippen molar-refractivity contribution in [2.75, 3.05) is 10.2 Å². The van der Waals surface area contributed by atoms with E-state index in [9.17, 15) is 23.9 Å². The average Bonchev–Trinajstić information content (AvgIpc) is 3.41. The number of anilines is 2. The van der Waals surface area contributed by atoms with Gasteiger partial charge >= 0.3 is 0 Å². The van der Waals surface area contributed by atoms with Crippen LogP contribution >= 0.6 is 0 Å². The van der Waals surface area contributed by atoms with E-state index in [0.717, 1.165) is 16.0 Å². The lowest BCUT2D eigenvalue weighted by Gasteiger charge is -2.29. The maximum atomic E-state index is 14.4. The minimum absolute atomic E-state index is 0.111. The number of nitrogens with zero attached hydrogens (tertiary/aromatic N) is 1. The maximum absolute atomic E-state index is 14.4. The van der Waals surface area contributed by atoms with Gasteiger partial charge < -0.3 is 10.4 Å². The first-order valence-corrected chi connectivity index (χ1v) is 11.4. The minimum atomic E-state index is -1.57. The van der Waals surface area contributed by atoms with Gasteiger partial charge in [-0.3, -0.25) is 19.7 Å². The zero-order chi connectivity index (χ0) is 24.5. The number of nitrogens with one attached hydrogen (secondary N) is 2. The van der Waals surface area contributed by atoms with E-state index in [1.54, 1.807) is 36.4 Å². The third-order valence-corrected chi connectivity index (χ3v) is 7.36. The van der Waals surface area contributed by atoms with Gasteiger partial charge in [0.1, 0.15) is 17.1 Å². The first-order valence-electron chi connectivity index (χ1n) is 11.4. The summed E-state index contributed by atoms with van der Waals surface area (Å²) in [7, 11) is 0. The fourth-order valence-electron chi connectivity index (χ4n) is 5.78. The number of carbonyl (C=O) groups is 3. The molecule has 2 fully saturated rings. The molecule has 3 aliphatic rings. The Morgan fingerprint density at radius 3 is 2.40 bits per heavy atom. The lowest BCUT2D eigenvalue weighted by molar-refractivity contribution is -0.130. The average molecular weight is 471 g/mol. The van der Waals surface area contributed by atoms with Crippen LogP contribution in [0.2, 0.25) is 0 Å². The van der Waals surface area contributed by atoms with Crippen molar-refractivity contribution >= 4 is 29.1 Å². The molecule has 3 aliphatic heterocycles. The van der Waals surface area contributed by atoms with E-state index in [1.165, 1.54) is 18.2 Å². The van der Waals surface area contributed by atoms with Gasteiger partial charge in [0.2, 0.25) is 17.7 Å². The van der Waals surface area contributed by atoms with Crippen molar-refractivity contribution in [2.24, 2.45) is 11.8 Å². The Balaban J connectivity index is 1.49. The number of hydrogen-bond acceptors (Lipinski definition) is 5. The van der Waals surface area contributed by atoms with Crippen LogP contribution in [-0.4, -0.2) is 28.9 Å². The second kappa shape index (κ2) is 7.48. The smallest absolute Gasteiger partial charge is 0.250 e. The van der Waals surface area contributed by atoms with E-state index in [-0.39, 0.29) is 5.75 Å². The molecule has 7 nitrogen and oxygen atoms in total. The van der Waals surface area contributed by atoms with E-state index >= 15 is 0 Å². The van der Waals surface area contributed by atoms with Crippen LogP contribution in [0, 0.1) is 24.6 Å². The predicted octanol–water partition coefficient (Wildman–Crippen LogP) is 3.01. The van der Waals surface area contributed by atoms with Gasteiger partial charge in [0.05, 0.1) is 17.5 Å². The quantitative estimate of drug-likeness (QED) is 0.510. The van der Waals surface area contributed by atoms with Crippen molar-refractivity contribution in [3.8, 4) is 5.75 Å². The number of amides is 3. The number of aryl methyl sites for hydroxylation is 1. The second-order valence-corrected chi connectivity index (χ2v) is 9.42. The Morgan fingerprint density at radius 1 is 0.971 bits per heavy atom. The summed E-state index contributed by atoms with van der Waals surface area (Å²) in [5, 5.41) is 15.7. The number of fused-ring (bicyclic) bond motifs is 4. The third kappa shape index (κ3) is 3.03. The summed E-state index contributed by atoms with van der Waals surface area (Å²) in [6.07, 6.45) is 0.335. The summed E-state index contributed by atoms with van der Waals surface area (Å²) in [5.74, 6) is -3.66. The highest BCUT2D eigenvalue weighted by atomic mass is 19.1. The Hall–Kier alpha value is -4.04. The van der Waals surface area contributed by atoms with Crippen molar-refractivity contribution in [3.63, 3.8) is 0 Å². The molecule has 3 N–H and O–H groups in total. The largest absolute Gasteiger partial charge is 0.508 e. The fourth-order valence-corrected chi connectivity index (χ4v) is 5.78. The van der Waals surface area contributed by atoms with Gasteiger partial charge in [0.25, 0.3) is 0 Å². The van der Waals surface area contributed by atoms with Gasteiger partial charge in [-0.15, -0.1) is 0 Å². The fraction of sp³-hybridized carbons (Fsp3) is 0.222. The van der Waals surface area contributed by atoms with Crippen LogP contribution in [0.1, 0.15) is 16.7 Å². The molecule has 2 saturated heterocycles. The maximum Gasteiger partial charge on any atom is 0.250 e. The van der Waals surface area contributed by atoms with Crippen molar-refractivity contribution in [1.29, 1.82) is 0 Å². The van der Waals surface area contributed by atoms with E-state index < -0.39 is 47.0 Å². The predicted molar refractivity (Wildman–Crippen MR) is 126 cm³/mol. The van der Waals surface area contributed by atoms with Crippen LogP contribution in [0.5, 0.6) is 5.75 Å². The number of imide groups is 1. The van der Waals surface area contributed by atoms with Crippen molar-refractivity contribution in [2.45, 2.75) is 24.9 Å². The minimum Gasteiger partial charge on any atom is -0.508 e. The highest BCUT2D eigenvalue weighted by Crippen LogP contribution is 2.54. The van der Waals surface area contributed by atoms with Gasteiger partial charge in [-0.25, -0.2) is 9.29 Å². The highest BCUT2D eigenvalue weighted by Gasteiger charge is 2.70. The summed E-state index contributed by atoms with van der Waals surface area (Å²) in [4.78, 5) is 42.3. The molecule has 0 saturated carbocycles. The first-order chi connectivity index (χ1) is 16.8. The topological polar surface area (TPSA) is 98.7 Å². The molecular weight excluding hydrogens is 449 g/mol. The molecule has 0 radical (unpaired) electrons. The molecule has 2 unspecified atom stereocenters. The number of benzene rings is 3. The van der Waals surface area contributed by atoms with Gasteiger partial charge in [-0.05, 0) is 61.4 Å². The van der Waals surface area contributed by atoms with Crippen molar-refractivity contribution in [1.82, 2.24) is 5.32 Å². The Kier molecular flexibility index (Phi) is 4.59. The van der Waals surface area contributed by atoms with Crippen LogP contribution in [0.3, 0.4) is 0 Å². The molecule has 8 heteroatoms. The lowest BCUT2D eigenvalue weighted by Crippen LogP contribution is -2.53. The zero-order valence-corrected chi connectivity index (χ0v) is 18.8. The summed E-state index contributed by atoms with van der Waals surface area (Å²) in [6.45, 7) is 1.91. The molecule has 3 aromatic carbocycles. The van der Waals surface area contributed by atoms with E-state index in [2.05, 4.69) is 10.6 Å². The second-order valence-electron chi connectivity index (χ2n) is 9.42. The molecule has 3 amide bonds. The van der Waals surface area contributed by atoms with Gasteiger partial charge in [-0.2, -0.15) is 0 Å². The molecule has 0 aliphatic carbocycles. The molecule has 4 atom stereocenters. The monoisotopic (exact) mass is 471 g/mol. The van der Waals surface area contributed by atoms with Crippen LogP contribution in [-0.2, 0) is 26.3 Å². The Morgan fingerprint density at radius 2 is 1.69 bits per heavy atom. The highest BCUT2D eigenvalue weighted by molar-refractivity contribution is 6.25.